The van der Waals surface area contributed by atoms with E-state index < -0.39 is 28.1 Å². The molecule has 3 rings (SSSR count). The number of rotatable bonds is 6. The van der Waals surface area contributed by atoms with Gasteiger partial charge in [-0.25, -0.2) is 22.8 Å². The van der Waals surface area contributed by atoms with E-state index in [9.17, 15) is 18.0 Å². The number of nitrogens with zero attached hydrogens (tertiary/aromatic N) is 1. The number of halogens is 1. The van der Waals surface area contributed by atoms with Crippen molar-refractivity contribution in [3.63, 3.8) is 0 Å². The van der Waals surface area contributed by atoms with Crippen molar-refractivity contribution in [1.29, 1.82) is 0 Å². The molecule has 0 radical (unpaired) electrons. The van der Waals surface area contributed by atoms with Gasteiger partial charge in [0.15, 0.2) is 6.61 Å². The van der Waals surface area contributed by atoms with Crippen molar-refractivity contribution in [3.8, 4) is 0 Å². The number of nitrogens with one attached hydrogen (secondary N) is 1. The number of carbonyl (C=O) groups is 2. The van der Waals surface area contributed by atoms with Crippen molar-refractivity contribution >= 4 is 45.0 Å². The summed E-state index contributed by atoms with van der Waals surface area (Å²) in [6.45, 7) is -0.506. The Morgan fingerprint density at radius 3 is 2.48 bits per heavy atom. The molecule has 7 nitrogen and oxygen atoms in total. The smallest absolute Gasteiger partial charge is 0.417 e. The first-order valence-electron chi connectivity index (χ1n) is 7.16. The summed E-state index contributed by atoms with van der Waals surface area (Å²) >= 11 is 6.73. The molecular weight excluding hydrogens is 388 g/mol. The van der Waals surface area contributed by atoms with Gasteiger partial charge in [0.05, 0.1) is 16.9 Å². The number of thiophene rings is 1. The maximum absolute atomic E-state index is 12.6. The van der Waals surface area contributed by atoms with Gasteiger partial charge >= 0.3 is 6.09 Å². The van der Waals surface area contributed by atoms with E-state index in [-0.39, 0.29) is 17.4 Å². The zero-order valence-electron chi connectivity index (χ0n) is 12.7. The standard InChI is InChI=1S/C15H13ClN2O5S2/c16-12-6-7-14(24-12)25(21,22)17-11(10-4-2-1-3-5-10)8-18-13(19)9-23-15(18)20/h1-7,11,17H,8-9H2/t11-/m1/s1. The van der Waals surface area contributed by atoms with Crippen LogP contribution in [0.15, 0.2) is 46.7 Å². The lowest BCUT2D eigenvalue weighted by atomic mass is 10.1. The molecule has 10 heteroatoms. The molecule has 1 fully saturated rings. The summed E-state index contributed by atoms with van der Waals surface area (Å²) in [4.78, 5) is 24.3. The lowest BCUT2D eigenvalue weighted by Crippen LogP contribution is -2.40. The van der Waals surface area contributed by atoms with E-state index in [0.29, 0.717) is 9.90 Å². The average molecular weight is 401 g/mol. The molecule has 132 valence electrons. The fraction of sp³-hybridized carbons (Fsp3) is 0.200. The Labute approximate surface area is 153 Å². The third kappa shape index (κ3) is 4.01. The number of carbonyl (C=O) groups excluding carboxylic acids is 2. The molecule has 1 aliphatic rings. The summed E-state index contributed by atoms with van der Waals surface area (Å²) in [6.07, 6.45) is -0.788. The first-order chi connectivity index (χ1) is 11.9. The highest BCUT2D eigenvalue weighted by molar-refractivity contribution is 7.91. The van der Waals surface area contributed by atoms with E-state index in [2.05, 4.69) is 9.46 Å². The number of ether oxygens (including phenoxy) is 1. The van der Waals surface area contributed by atoms with E-state index in [1.165, 1.54) is 12.1 Å². The quantitative estimate of drug-likeness (QED) is 0.803. The van der Waals surface area contributed by atoms with Crippen LogP contribution in [0.3, 0.4) is 0 Å². The van der Waals surface area contributed by atoms with Crippen LogP contribution >= 0.6 is 22.9 Å². The molecule has 2 aromatic rings. The van der Waals surface area contributed by atoms with Crippen molar-refractivity contribution in [2.75, 3.05) is 13.2 Å². The molecule has 1 aromatic heterocycles. The number of hydrogen-bond donors (Lipinski definition) is 1. The molecule has 1 saturated heterocycles. The van der Waals surface area contributed by atoms with Crippen LogP contribution in [-0.4, -0.2) is 38.5 Å². The zero-order chi connectivity index (χ0) is 18.0. The maximum atomic E-state index is 12.6. The van der Waals surface area contributed by atoms with Crippen LogP contribution < -0.4 is 4.72 Å². The first-order valence-corrected chi connectivity index (χ1v) is 9.84. The summed E-state index contributed by atoms with van der Waals surface area (Å²) in [5.41, 5.74) is 0.612. The predicted molar refractivity (Wildman–Crippen MR) is 91.9 cm³/mol. The van der Waals surface area contributed by atoms with Crippen LogP contribution in [0.4, 0.5) is 4.79 Å². The van der Waals surface area contributed by atoms with E-state index in [1.54, 1.807) is 30.3 Å². The number of imide groups is 1. The van der Waals surface area contributed by atoms with Crippen LogP contribution in [0, 0.1) is 0 Å². The number of sulfonamides is 1. The second-order valence-corrected chi connectivity index (χ2v) is 8.86. The summed E-state index contributed by atoms with van der Waals surface area (Å²) in [7, 11) is -3.87. The molecule has 0 bridgehead atoms. The van der Waals surface area contributed by atoms with Crippen LogP contribution in [0.1, 0.15) is 11.6 Å². The fourth-order valence-electron chi connectivity index (χ4n) is 2.32. The van der Waals surface area contributed by atoms with Gasteiger partial charge in [-0.3, -0.25) is 4.79 Å². The number of hydrogen-bond acceptors (Lipinski definition) is 6. The number of benzene rings is 1. The second kappa shape index (κ2) is 7.12. The normalized spacial score (nSPS) is 16.1. The predicted octanol–water partition coefficient (Wildman–Crippen LogP) is 2.40. The molecule has 1 N–H and O–H groups in total. The molecule has 0 spiro atoms. The van der Waals surface area contributed by atoms with Gasteiger partial charge in [-0.2, -0.15) is 0 Å². The molecule has 0 aliphatic carbocycles. The molecule has 25 heavy (non-hydrogen) atoms. The first kappa shape index (κ1) is 17.9. The summed E-state index contributed by atoms with van der Waals surface area (Å²) in [5, 5.41) is 0. The van der Waals surface area contributed by atoms with Crippen molar-refractivity contribution in [1.82, 2.24) is 9.62 Å². The van der Waals surface area contributed by atoms with Crippen molar-refractivity contribution in [2.24, 2.45) is 0 Å². The van der Waals surface area contributed by atoms with Gasteiger partial charge in [0.25, 0.3) is 15.9 Å². The molecule has 2 amide bonds. The minimum Gasteiger partial charge on any atom is -0.439 e. The van der Waals surface area contributed by atoms with Gasteiger partial charge in [0.2, 0.25) is 0 Å². The van der Waals surface area contributed by atoms with Crippen LogP contribution in [0.5, 0.6) is 0 Å². The summed E-state index contributed by atoms with van der Waals surface area (Å²) in [6, 6.07) is 10.7. The van der Waals surface area contributed by atoms with Gasteiger partial charge in [-0.1, -0.05) is 41.9 Å². The molecule has 2 heterocycles. The molecular formula is C15H13ClN2O5S2. The van der Waals surface area contributed by atoms with Gasteiger partial charge in [0, 0.05) is 0 Å². The van der Waals surface area contributed by atoms with Crippen molar-refractivity contribution in [2.45, 2.75) is 10.3 Å². The number of amides is 2. The molecule has 1 aromatic carbocycles. The highest BCUT2D eigenvalue weighted by atomic mass is 35.5. The van der Waals surface area contributed by atoms with Crippen molar-refractivity contribution < 1.29 is 22.7 Å². The summed E-state index contributed by atoms with van der Waals surface area (Å²) in [5.74, 6) is -0.510. The fourth-order valence-corrected chi connectivity index (χ4v) is 5.04. The van der Waals surface area contributed by atoms with E-state index in [0.717, 1.165) is 16.2 Å². The van der Waals surface area contributed by atoms with Gasteiger partial charge < -0.3 is 4.74 Å². The Kier molecular flexibility index (Phi) is 5.09. The Morgan fingerprint density at radius 1 is 1.20 bits per heavy atom. The lowest BCUT2D eigenvalue weighted by molar-refractivity contribution is -0.126. The topological polar surface area (TPSA) is 92.8 Å². The SMILES string of the molecule is O=C1COC(=O)N1C[C@@H](NS(=O)(=O)c1ccc(Cl)s1)c1ccccc1. The molecule has 1 atom stereocenters. The highest BCUT2D eigenvalue weighted by Gasteiger charge is 2.34. The van der Waals surface area contributed by atoms with E-state index in [4.69, 9.17) is 11.6 Å². The second-order valence-electron chi connectivity index (χ2n) is 5.20. The Morgan fingerprint density at radius 2 is 1.92 bits per heavy atom. The average Bonchev–Trinajstić information content (AvgIpc) is 3.16. The Balaban J connectivity index is 1.89. The largest absolute Gasteiger partial charge is 0.439 e. The third-order valence-corrected chi connectivity index (χ3v) is 6.71. The van der Waals surface area contributed by atoms with Gasteiger partial charge in [-0.15, -0.1) is 11.3 Å². The molecule has 0 unspecified atom stereocenters. The van der Waals surface area contributed by atoms with Gasteiger partial charge in [-0.05, 0) is 17.7 Å². The Hall–Kier alpha value is -1.94. The van der Waals surface area contributed by atoms with Crippen LogP contribution in [-0.2, 0) is 19.6 Å². The summed E-state index contributed by atoms with van der Waals surface area (Å²) < 4.78 is 32.8. The van der Waals surface area contributed by atoms with E-state index >= 15 is 0 Å². The minimum absolute atomic E-state index is 0.0498. The third-order valence-electron chi connectivity index (χ3n) is 3.52. The van der Waals surface area contributed by atoms with Crippen LogP contribution in [0.25, 0.3) is 0 Å². The van der Waals surface area contributed by atoms with Crippen LogP contribution in [0.2, 0.25) is 4.34 Å². The monoisotopic (exact) mass is 400 g/mol. The van der Waals surface area contributed by atoms with Crippen molar-refractivity contribution in [3.05, 3.63) is 52.4 Å². The molecule has 1 aliphatic heterocycles. The lowest BCUT2D eigenvalue weighted by Gasteiger charge is -2.22. The maximum Gasteiger partial charge on any atom is 0.417 e. The minimum atomic E-state index is -3.87. The Bertz CT molecular complexity index is 882. The van der Waals surface area contributed by atoms with Gasteiger partial charge in [0.1, 0.15) is 4.21 Å². The highest BCUT2D eigenvalue weighted by Crippen LogP contribution is 2.27. The zero-order valence-corrected chi connectivity index (χ0v) is 15.1. The molecule has 0 saturated carbocycles. The van der Waals surface area contributed by atoms with E-state index in [1.807, 2.05) is 0 Å². The number of cyclic esters (lactones) is 1.